The van der Waals surface area contributed by atoms with E-state index >= 15 is 0 Å². The van der Waals surface area contributed by atoms with E-state index in [1.807, 2.05) is 0 Å². The van der Waals surface area contributed by atoms with Crippen LogP contribution >= 0.6 is 24.8 Å². The van der Waals surface area contributed by atoms with Crippen LogP contribution in [0.25, 0.3) is 0 Å². The molecule has 0 fully saturated rings. The van der Waals surface area contributed by atoms with Crippen LogP contribution in [0.4, 0.5) is 0 Å². The van der Waals surface area contributed by atoms with Crippen molar-refractivity contribution < 1.29 is 22.9 Å². The maximum absolute atomic E-state index is 6.05. The SMILES string of the molecule is Cc1cc([O][Ti][C]2=CC=CC2)cc([Si](C)(C)C)c1.Cl.Cl. The molecular formula is C15H22Cl2OSiTi. The van der Waals surface area contributed by atoms with Crippen LogP contribution in [0.5, 0.6) is 5.75 Å². The molecule has 20 heavy (non-hydrogen) atoms. The molecule has 1 aliphatic carbocycles. The Bertz CT molecular complexity index is 507. The molecule has 0 aliphatic heterocycles. The van der Waals surface area contributed by atoms with Gasteiger partial charge in [-0.05, 0) is 0 Å². The number of allylic oxidation sites excluding steroid dienone is 4. The minimum Gasteiger partial charge on any atom is -0.147 e. The summed E-state index contributed by atoms with van der Waals surface area (Å²) in [4.78, 5) is 0. The Morgan fingerprint density at radius 2 is 1.80 bits per heavy atom. The molecule has 0 unspecified atom stereocenters. The van der Waals surface area contributed by atoms with Gasteiger partial charge in [-0.2, -0.15) is 0 Å². The molecule has 0 atom stereocenters. The topological polar surface area (TPSA) is 9.23 Å². The van der Waals surface area contributed by atoms with Crippen molar-refractivity contribution in [2.24, 2.45) is 0 Å². The first-order valence-corrected chi connectivity index (χ1v) is 11.3. The first kappa shape index (κ1) is 20.0. The molecule has 1 nitrogen and oxygen atoms in total. The zero-order valence-corrected chi connectivity index (χ0v) is 16.6. The molecule has 5 heteroatoms. The Labute approximate surface area is 145 Å². The van der Waals surface area contributed by atoms with Crippen molar-refractivity contribution in [2.75, 3.05) is 0 Å². The third-order valence-electron chi connectivity index (χ3n) is 2.99. The molecule has 0 amide bonds. The number of halogens is 2. The zero-order chi connectivity index (χ0) is 13.2. The van der Waals surface area contributed by atoms with Crippen molar-refractivity contribution in [3.8, 4) is 5.75 Å². The van der Waals surface area contributed by atoms with Gasteiger partial charge in [-0.1, -0.05) is 0 Å². The van der Waals surface area contributed by atoms with Crippen molar-refractivity contribution in [1.82, 2.24) is 0 Å². The maximum atomic E-state index is 6.05. The summed E-state index contributed by atoms with van der Waals surface area (Å²) >= 11 is -0.444. The second kappa shape index (κ2) is 8.45. The summed E-state index contributed by atoms with van der Waals surface area (Å²) in [5.74, 6) is 1.07. The smallest absolute Gasteiger partial charge is 0.147 e. The molecule has 0 radical (unpaired) electrons. The van der Waals surface area contributed by atoms with Crippen molar-refractivity contribution in [2.45, 2.75) is 33.0 Å². The van der Waals surface area contributed by atoms with Gasteiger partial charge in [-0.15, -0.1) is 24.8 Å². The van der Waals surface area contributed by atoms with E-state index in [1.54, 1.807) is 0 Å². The first-order chi connectivity index (χ1) is 8.45. The molecule has 0 bridgehead atoms. The van der Waals surface area contributed by atoms with Gasteiger partial charge in [0.2, 0.25) is 0 Å². The van der Waals surface area contributed by atoms with Gasteiger partial charge >= 0.3 is 121 Å². The van der Waals surface area contributed by atoms with Gasteiger partial charge in [0.25, 0.3) is 0 Å². The van der Waals surface area contributed by atoms with Gasteiger partial charge in [0.15, 0.2) is 0 Å². The molecule has 1 aromatic carbocycles. The number of benzene rings is 1. The average molecular weight is 365 g/mol. The fraction of sp³-hybridized carbons (Fsp3) is 0.333. The van der Waals surface area contributed by atoms with Crippen LogP contribution in [0.15, 0.2) is 40.3 Å². The Hall–Kier alpha value is 0.0112. The van der Waals surface area contributed by atoms with Gasteiger partial charge in [-0.25, -0.2) is 0 Å². The van der Waals surface area contributed by atoms with Gasteiger partial charge in [0.1, 0.15) is 0 Å². The van der Waals surface area contributed by atoms with Crippen molar-refractivity contribution in [3.05, 3.63) is 45.9 Å². The standard InChI is InChI=1S/C10H16OSi.C5H5.2ClH.Ti/c1-8-5-9(11)7-10(6-8)12(2,3)4;1-2-4-5-3-1;;;/h5-7,11H,1-4H3;1-3H,4H2;2*1H;/q;;;;+1/p-1. The number of hydrogen-bond acceptors (Lipinski definition) is 1. The maximum Gasteiger partial charge on any atom is -0.147 e. The van der Waals surface area contributed by atoms with Crippen LogP contribution in [0.3, 0.4) is 0 Å². The largest absolute Gasteiger partial charge is 0.147 e. The molecule has 1 aromatic rings. The predicted molar refractivity (Wildman–Crippen MR) is 91.1 cm³/mol. The van der Waals surface area contributed by atoms with E-state index in [-0.39, 0.29) is 24.8 Å². The molecule has 0 spiro atoms. The monoisotopic (exact) mass is 364 g/mol. The minimum absolute atomic E-state index is 0. The van der Waals surface area contributed by atoms with E-state index in [2.05, 4.69) is 63.0 Å². The van der Waals surface area contributed by atoms with Crippen LogP contribution in [0, 0.1) is 6.92 Å². The Kier molecular flexibility index (Phi) is 8.46. The second-order valence-corrected chi connectivity index (χ2v) is 12.5. The van der Waals surface area contributed by atoms with E-state index in [1.165, 1.54) is 14.6 Å². The quantitative estimate of drug-likeness (QED) is 0.709. The van der Waals surface area contributed by atoms with Crippen molar-refractivity contribution in [3.63, 3.8) is 0 Å². The van der Waals surface area contributed by atoms with Gasteiger partial charge < -0.3 is 0 Å². The van der Waals surface area contributed by atoms with Crippen molar-refractivity contribution >= 4 is 38.1 Å². The normalized spacial score (nSPS) is 13.1. The Morgan fingerprint density at radius 1 is 1.10 bits per heavy atom. The van der Waals surface area contributed by atoms with Crippen LogP contribution in [0.2, 0.25) is 19.6 Å². The Balaban J connectivity index is 0.00000180. The summed E-state index contributed by atoms with van der Waals surface area (Å²) in [5.41, 5.74) is 1.31. The molecule has 0 saturated heterocycles. The Morgan fingerprint density at radius 3 is 2.35 bits per heavy atom. The summed E-state index contributed by atoms with van der Waals surface area (Å²) in [6.45, 7) is 9.30. The fourth-order valence-electron chi connectivity index (χ4n) is 1.89. The van der Waals surface area contributed by atoms with Crippen LogP contribution in [0.1, 0.15) is 12.0 Å². The van der Waals surface area contributed by atoms with E-state index in [0.717, 1.165) is 12.2 Å². The molecule has 1 aliphatic rings. The first-order valence-electron chi connectivity index (χ1n) is 6.36. The summed E-state index contributed by atoms with van der Waals surface area (Å²) in [6, 6.07) is 6.73. The third-order valence-corrected chi connectivity index (χ3v) is 6.52. The summed E-state index contributed by atoms with van der Waals surface area (Å²) in [7, 11) is -1.25. The van der Waals surface area contributed by atoms with Crippen LogP contribution in [-0.2, 0) is 19.5 Å². The van der Waals surface area contributed by atoms with E-state index < -0.39 is 27.6 Å². The zero-order valence-electron chi connectivity index (χ0n) is 12.4. The molecule has 0 N–H and O–H groups in total. The van der Waals surface area contributed by atoms with E-state index in [0.29, 0.717) is 0 Å². The van der Waals surface area contributed by atoms with E-state index in [9.17, 15) is 0 Å². The molecule has 110 valence electrons. The number of aryl methyl sites for hydroxylation is 1. The minimum atomic E-state index is -1.25. The van der Waals surface area contributed by atoms with Crippen LogP contribution in [-0.4, -0.2) is 8.07 Å². The van der Waals surface area contributed by atoms with Gasteiger partial charge in [0, 0.05) is 0 Å². The molecule has 0 heterocycles. The predicted octanol–water partition coefficient (Wildman–Crippen LogP) is 4.60. The summed E-state index contributed by atoms with van der Waals surface area (Å²) in [6.07, 6.45) is 7.62. The van der Waals surface area contributed by atoms with E-state index in [4.69, 9.17) is 3.32 Å². The van der Waals surface area contributed by atoms with Gasteiger partial charge in [0.05, 0.1) is 0 Å². The summed E-state index contributed by atoms with van der Waals surface area (Å²) in [5, 5.41) is 1.49. The van der Waals surface area contributed by atoms with Gasteiger partial charge in [-0.3, -0.25) is 0 Å². The summed E-state index contributed by atoms with van der Waals surface area (Å²) < 4.78 is 7.52. The molecule has 2 rings (SSSR count). The fourth-order valence-corrected chi connectivity index (χ4v) is 4.27. The molecule has 0 aromatic heterocycles. The molecular weight excluding hydrogens is 343 g/mol. The number of hydrogen-bond donors (Lipinski definition) is 0. The van der Waals surface area contributed by atoms with Crippen LogP contribution < -0.4 is 8.51 Å². The van der Waals surface area contributed by atoms with Crippen molar-refractivity contribution in [1.29, 1.82) is 0 Å². The molecule has 0 saturated carbocycles. The third kappa shape index (κ3) is 5.79. The number of rotatable bonds is 4. The second-order valence-electron chi connectivity index (χ2n) is 5.81. The average Bonchev–Trinajstić information content (AvgIpc) is 2.77.